The fraction of sp³-hybridized carbons (Fsp3) is 0.474. The number of imidazole rings is 1. The van der Waals surface area contributed by atoms with Gasteiger partial charge in [-0.1, -0.05) is 24.3 Å². The summed E-state index contributed by atoms with van der Waals surface area (Å²) in [5.41, 5.74) is 1.07. The van der Waals surface area contributed by atoms with E-state index in [1.807, 2.05) is 24.5 Å². The molecule has 0 atom stereocenters. The molecular weight excluding hydrogens is 344 g/mol. The Bertz CT molecular complexity index is 819. The topological polar surface area (TPSA) is 59.7 Å². The van der Waals surface area contributed by atoms with E-state index >= 15 is 0 Å². The summed E-state index contributed by atoms with van der Waals surface area (Å²) in [4.78, 5) is 11.5. The van der Waals surface area contributed by atoms with Gasteiger partial charge in [-0.05, 0) is 31.4 Å². The Morgan fingerprint density at radius 2 is 2.00 bits per heavy atom. The lowest BCUT2D eigenvalue weighted by atomic mass is 9.96. The van der Waals surface area contributed by atoms with Crippen molar-refractivity contribution in [1.82, 2.24) is 24.7 Å². The zero-order valence-electron chi connectivity index (χ0n) is 15.1. The quantitative estimate of drug-likeness (QED) is 0.666. The van der Waals surface area contributed by atoms with E-state index in [1.165, 1.54) is 5.82 Å². The molecule has 0 aromatic carbocycles. The molecule has 26 heavy (non-hydrogen) atoms. The number of aryl methyl sites for hydroxylation is 1. The Morgan fingerprint density at radius 3 is 2.77 bits per heavy atom. The third-order valence-corrected chi connectivity index (χ3v) is 5.90. The molecule has 0 amide bonds. The Balaban J connectivity index is 1.40. The van der Waals surface area contributed by atoms with Crippen LogP contribution >= 0.6 is 11.3 Å². The van der Waals surface area contributed by atoms with Crippen LogP contribution in [0.4, 0.5) is 5.13 Å². The lowest BCUT2D eigenvalue weighted by molar-refractivity contribution is 0.469. The van der Waals surface area contributed by atoms with Crippen LogP contribution in [0.3, 0.4) is 0 Å². The molecule has 1 saturated heterocycles. The van der Waals surface area contributed by atoms with Crippen LogP contribution in [0.2, 0.25) is 0 Å². The summed E-state index contributed by atoms with van der Waals surface area (Å²) >= 11 is 1.74. The molecule has 1 aliphatic rings. The number of hydrogen-bond donors (Lipinski definition) is 0. The molecular formula is C19H24N6S. The van der Waals surface area contributed by atoms with Crippen molar-refractivity contribution < 1.29 is 0 Å². The molecule has 0 N–H and O–H groups in total. The van der Waals surface area contributed by atoms with Gasteiger partial charge >= 0.3 is 0 Å². The van der Waals surface area contributed by atoms with Crippen LogP contribution in [-0.2, 0) is 13.0 Å². The van der Waals surface area contributed by atoms with Crippen LogP contribution in [0.25, 0.3) is 0 Å². The normalized spacial score (nSPS) is 15.5. The van der Waals surface area contributed by atoms with Crippen LogP contribution in [0, 0.1) is 0 Å². The molecule has 1 aliphatic heterocycles. The van der Waals surface area contributed by atoms with Gasteiger partial charge in [0, 0.05) is 44.0 Å². The van der Waals surface area contributed by atoms with Crippen molar-refractivity contribution in [2.75, 3.05) is 18.0 Å². The van der Waals surface area contributed by atoms with E-state index in [4.69, 9.17) is 0 Å². The van der Waals surface area contributed by atoms with E-state index in [9.17, 15) is 0 Å². The molecule has 4 rings (SSSR count). The summed E-state index contributed by atoms with van der Waals surface area (Å²) in [5, 5.41) is 10.9. The van der Waals surface area contributed by atoms with Crippen molar-refractivity contribution in [3.05, 3.63) is 53.3 Å². The van der Waals surface area contributed by atoms with Crippen LogP contribution in [0.5, 0.6) is 0 Å². The predicted molar refractivity (Wildman–Crippen MR) is 104 cm³/mol. The van der Waals surface area contributed by atoms with E-state index in [1.54, 1.807) is 11.3 Å². The van der Waals surface area contributed by atoms with Gasteiger partial charge in [0.05, 0.1) is 12.2 Å². The van der Waals surface area contributed by atoms with Crippen LogP contribution in [0.15, 0.2) is 36.8 Å². The average Bonchev–Trinajstić information content (AvgIpc) is 3.33. The molecule has 136 valence electrons. The number of aromatic nitrogens is 5. The largest absolute Gasteiger partial charge is 0.347 e. The Kier molecular flexibility index (Phi) is 5.24. The fourth-order valence-electron chi connectivity index (χ4n) is 3.50. The second-order valence-corrected chi connectivity index (χ2v) is 7.76. The Labute approximate surface area is 157 Å². The number of nitrogens with zero attached hydrogens (tertiary/aromatic N) is 6. The predicted octanol–water partition coefficient (Wildman–Crippen LogP) is 3.51. The van der Waals surface area contributed by atoms with Crippen molar-refractivity contribution in [3.8, 4) is 0 Å². The van der Waals surface area contributed by atoms with Crippen molar-refractivity contribution in [3.63, 3.8) is 0 Å². The minimum Gasteiger partial charge on any atom is -0.347 e. The molecule has 3 aromatic rings. The lowest BCUT2D eigenvalue weighted by Crippen LogP contribution is -2.33. The van der Waals surface area contributed by atoms with Gasteiger partial charge < -0.3 is 9.47 Å². The molecule has 0 unspecified atom stereocenters. The molecule has 0 spiro atoms. The number of rotatable bonds is 6. The highest BCUT2D eigenvalue weighted by molar-refractivity contribution is 7.15. The summed E-state index contributed by atoms with van der Waals surface area (Å²) in [7, 11) is 0. The molecule has 1 fully saturated rings. The monoisotopic (exact) mass is 368 g/mol. The third-order valence-electron chi connectivity index (χ3n) is 4.86. The lowest BCUT2D eigenvalue weighted by Gasteiger charge is -2.31. The maximum Gasteiger partial charge on any atom is 0.208 e. The molecule has 0 saturated carbocycles. The van der Waals surface area contributed by atoms with E-state index in [0.29, 0.717) is 5.92 Å². The van der Waals surface area contributed by atoms with Gasteiger partial charge in [-0.3, -0.25) is 4.98 Å². The molecule has 4 heterocycles. The molecule has 3 aromatic heterocycles. The standard InChI is InChI=1S/C19H24N6S/c1-2-5-17-22-23-19(26-17)24-11-7-15(8-12-24)18-21-10-13-25(18)14-16-6-3-4-9-20-16/h3-4,6,9-10,13,15H,2,5,7-8,11-12,14H2,1H3. The van der Waals surface area contributed by atoms with Gasteiger partial charge in [0.1, 0.15) is 10.8 Å². The van der Waals surface area contributed by atoms with Gasteiger partial charge in [-0.25, -0.2) is 4.98 Å². The van der Waals surface area contributed by atoms with Crippen LogP contribution in [0.1, 0.15) is 48.6 Å². The second-order valence-electron chi connectivity index (χ2n) is 6.72. The smallest absolute Gasteiger partial charge is 0.208 e. The van der Waals surface area contributed by atoms with Crippen LogP contribution < -0.4 is 4.90 Å². The first kappa shape index (κ1) is 17.1. The van der Waals surface area contributed by atoms with Gasteiger partial charge in [0.25, 0.3) is 0 Å². The summed E-state index contributed by atoms with van der Waals surface area (Å²) < 4.78 is 2.24. The number of hydrogen-bond acceptors (Lipinski definition) is 6. The zero-order valence-corrected chi connectivity index (χ0v) is 15.9. The van der Waals surface area contributed by atoms with Crippen molar-refractivity contribution >= 4 is 16.5 Å². The first-order valence-electron chi connectivity index (χ1n) is 9.31. The minimum absolute atomic E-state index is 0.494. The van der Waals surface area contributed by atoms with Crippen molar-refractivity contribution in [1.29, 1.82) is 0 Å². The van der Waals surface area contributed by atoms with Gasteiger partial charge in [-0.2, -0.15) is 0 Å². The summed E-state index contributed by atoms with van der Waals surface area (Å²) in [6, 6.07) is 6.05. The SMILES string of the molecule is CCCc1nnc(N2CCC(c3nccn3Cc3ccccn3)CC2)s1. The van der Waals surface area contributed by atoms with E-state index in [-0.39, 0.29) is 0 Å². The maximum atomic E-state index is 4.65. The molecule has 0 radical (unpaired) electrons. The van der Waals surface area contributed by atoms with Gasteiger partial charge in [0.15, 0.2) is 0 Å². The first-order valence-corrected chi connectivity index (χ1v) is 10.1. The first-order chi connectivity index (χ1) is 12.8. The second kappa shape index (κ2) is 7.95. The number of anilines is 1. The highest BCUT2D eigenvalue weighted by Crippen LogP contribution is 2.31. The molecule has 0 bridgehead atoms. The van der Waals surface area contributed by atoms with Gasteiger partial charge in [-0.15, -0.1) is 10.2 Å². The van der Waals surface area contributed by atoms with E-state index in [0.717, 1.165) is 61.2 Å². The molecule has 6 nitrogen and oxygen atoms in total. The molecule has 0 aliphatic carbocycles. The van der Waals surface area contributed by atoms with Crippen LogP contribution in [-0.4, -0.2) is 37.8 Å². The number of pyridine rings is 1. The average molecular weight is 369 g/mol. The highest BCUT2D eigenvalue weighted by Gasteiger charge is 2.25. The Morgan fingerprint density at radius 1 is 1.12 bits per heavy atom. The number of piperidine rings is 1. The summed E-state index contributed by atoms with van der Waals surface area (Å²) in [5.74, 6) is 1.67. The van der Waals surface area contributed by atoms with E-state index in [2.05, 4.69) is 48.8 Å². The third kappa shape index (κ3) is 3.77. The maximum absolute atomic E-state index is 4.65. The van der Waals surface area contributed by atoms with Gasteiger partial charge in [0.2, 0.25) is 5.13 Å². The summed E-state index contributed by atoms with van der Waals surface area (Å²) in [6.45, 7) is 5.00. The fourth-order valence-corrected chi connectivity index (χ4v) is 4.49. The summed E-state index contributed by atoms with van der Waals surface area (Å²) in [6.07, 6.45) is 10.2. The van der Waals surface area contributed by atoms with Crippen molar-refractivity contribution in [2.45, 2.75) is 45.1 Å². The highest BCUT2D eigenvalue weighted by atomic mass is 32.1. The Hall–Kier alpha value is -2.28. The molecule has 7 heteroatoms. The minimum atomic E-state index is 0.494. The zero-order chi connectivity index (χ0) is 17.8. The van der Waals surface area contributed by atoms with Crippen molar-refractivity contribution in [2.24, 2.45) is 0 Å². The van der Waals surface area contributed by atoms with E-state index < -0.39 is 0 Å².